The highest BCUT2D eigenvalue weighted by molar-refractivity contribution is 5.90. The van der Waals surface area contributed by atoms with E-state index in [9.17, 15) is 4.79 Å². The first-order valence-corrected chi connectivity index (χ1v) is 6.32. The molecule has 5 nitrogen and oxygen atoms in total. The molecule has 94 valence electrons. The van der Waals surface area contributed by atoms with Gasteiger partial charge in [-0.25, -0.2) is 0 Å². The normalized spacial score (nSPS) is 20.2. The van der Waals surface area contributed by atoms with Crippen molar-refractivity contribution >= 4 is 11.7 Å². The second-order valence-electron chi connectivity index (χ2n) is 4.59. The number of aromatic nitrogens is 2. The molecule has 0 aromatic carbocycles. The van der Waals surface area contributed by atoms with E-state index in [2.05, 4.69) is 20.8 Å². The van der Waals surface area contributed by atoms with Crippen LogP contribution >= 0.6 is 0 Å². The molecular weight excluding hydrogens is 216 g/mol. The van der Waals surface area contributed by atoms with Crippen molar-refractivity contribution in [2.24, 2.45) is 5.92 Å². The van der Waals surface area contributed by atoms with Crippen LogP contribution in [0, 0.1) is 5.92 Å². The minimum Gasteiger partial charge on any atom is -0.316 e. The Balaban J connectivity index is 1.84. The van der Waals surface area contributed by atoms with Crippen molar-refractivity contribution < 1.29 is 4.79 Å². The molecule has 0 radical (unpaired) electrons. The Bertz CT molecular complexity index is 368. The largest absolute Gasteiger partial charge is 0.316 e. The summed E-state index contributed by atoms with van der Waals surface area (Å²) >= 11 is 0. The molecule has 1 amide bonds. The number of H-pyrrole nitrogens is 1. The van der Waals surface area contributed by atoms with Crippen LogP contribution in [0.5, 0.6) is 0 Å². The Kier molecular flexibility index (Phi) is 4.14. The average Bonchev–Trinajstić information content (AvgIpc) is 2.77. The van der Waals surface area contributed by atoms with Crippen LogP contribution in [0.2, 0.25) is 0 Å². The minimum absolute atomic E-state index is 0.0812. The van der Waals surface area contributed by atoms with Crippen molar-refractivity contribution in [1.29, 1.82) is 0 Å². The summed E-state index contributed by atoms with van der Waals surface area (Å²) in [4.78, 5) is 11.9. The molecular formula is C12H20N4O. The second kappa shape index (κ2) is 5.82. The van der Waals surface area contributed by atoms with E-state index in [1.807, 2.05) is 6.92 Å². The van der Waals surface area contributed by atoms with Crippen LogP contribution in [0.4, 0.5) is 5.82 Å². The van der Waals surface area contributed by atoms with Crippen molar-refractivity contribution in [3.8, 4) is 0 Å². The molecule has 1 aromatic heterocycles. The number of piperidine rings is 1. The number of aryl methyl sites for hydroxylation is 1. The van der Waals surface area contributed by atoms with Gasteiger partial charge in [0.2, 0.25) is 5.91 Å². The van der Waals surface area contributed by atoms with E-state index in [1.54, 1.807) is 6.20 Å². The van der Waals surface area contributed by atoms with Crippen LogP contribution in [0.15, 0.2) is 6.20 Å². The molecule has 2 heterocycles. The first-order valence-electron chi connectivity index (χ1n) is 6.32. The Labute approximate surface area is 101 Å². The fourth-order valence-electron chi connectivity index (χ4n) is 2.24. The maximum atomic E-state index is 11.9. The fraction of sp³-hybridized carbons (Fsp3) is 0.667. The first-order chi connectivity index (χ1) is 8.29. The quantitative estimate of drug-likeness (QED) is 0.738. The lowest BCUT2D eigenvalue weighted by atomic mass is 9.96. The smallest absolute Gasteiger partial charge is 0.225 e. The lowest BCUT2D eigenvalue weighted by molar-refractivity contribution is -0.117. The summed E-state index contributed by atoms with van der Waals surface area (Å²) in [5.74, 6) is 1.30. The van der Waals surface area contributed by atoms with Gasteiger partial charge in [0.05, 0.1) is 6.20 Å². The fourth-order valence-corrected chi connectivity index (χ4v) is 2.24. The molecule has 0 spiro atoms. The van der Waals surface area contributed by atoms with Gasteiger partial charge in [0, 0.05) is 12.0 Å². The highest BCUT2D eigenvalue weighted by Crippen LogP contribution is 2.16. The minimum atomic E-state index is 0.0812. The van der Waals surface area contributed by atoms with E-state index in [0.29, 0.717) is 12.3 Å². The Morgan fingerprint density at radius 1 is 1.65 bits per heavy atom. The van der Waals surface area contributed by atoms with Crippen LogP contribution in [-0.4, -0.2) is 29.2 Å². The summed E-state index contributed by atoms with van der Waals surface area (Å²) in [6.07, 6.45) is 5.54. The number of nitrogens with one attached hydrogen (secondary N) is 3. The standard InChI is InChI=1S/C12H20N4O/c1-2-10-8-14-16-12(10)15-11(17)6-9-4-3-5-13-7-9/h8-9,13H,2-7H2,1H3,(H2,14,15,16,17). The van der Waals surface area contributed by atoms with Gasteiger partial charge in [-0.15, -0.1) is 0 Å². The highest BCUT2D eigenvalue weighted by Gasteiger charge is 2.17. The summed E-state index contributed by atoms with van der Waals surface area (Å²) in [5, 5.41) is 13.0. The number of hydrogen-bond donors (Lipinski definition) is 3. The Morgan fingerprint density at radius 2 is 2.53 bits per heavy atom. The lowest BCUT2D eigenvalue weighted by Gasteiger charge is -2.21. The molecule has 3 N–H and O–H groups in total. The number of amides is 1. The van der Waals surface area contributed by atoms with Crippen LogP contribution < -0.4 is 10.6 Å². The highest BCUT2D eigenvalue weighted by atomic mass is 16.1. The number of hydrogen-bond acceptors (Lipinski definition) is 3. The number of carbonyl (C=O) groups is 1. The number of nitrogens with zero attached hydrogens (tertiary/aromatic N) is 1. The molecule has 0 aliphatic carbocycles. The van der Waals surface area contributed by atoms with E-state index < -0.39 is 0 Å². The van der Waals surface area contributed by atoms with Crippen molar-refractivity contribution in [1.82, 2.24) is 15.5 Å². The number of anilines is 1. The maximum absolute atomic E-state index is 11.9. The van der Waals surface area contributed by atoms with Crippen molar-refractivity contribution in [2.75, 3.05) is 18.4 Å². The molecule has 1 aliphatic rings. The lowest BCUT2D eigenvalue weighted by Crippen LogP contribution is -2.32. The third kappa shape index (κ3) is 3.30. The van der Waals surface area contributed by atoms with Crippen LogP contribution in [-0.2, 0) is 11.2 Å². The van der Waals surface area contributed by atoms with Gasteiger partial charge in [-0.05, 0) is 38.3 Å². The van der Waals surface area contributed by atoms with Crippen LogP contribution in [0.25, 0.3) is 0 Å². The molecule has 1 unspecified atom stereocenters. The van der Waals surface area contributed by atoms with Gasteiger partial charge in [0.1, 0.15) is 5.82 Å². The van der Waals surface area contributed by atoms with Crippen molar-refractivity contribution in [3.05, 3.63) is 11.8 Å². The van der Waals surface area contributed by atoms with Gasteiger partial charge < -0.3 is 10.6 Å². The van der Waals surface area contributed by atoms with E-state index in [4.69, 9.17) is 0 Å². The second-order valence-corrected chi connectivity index (χ2v) is 4.59. The molecule has 17 heavy (non-hydrogen) atoms. The Morgan fingerprint density at radius 3 is 3.24 bits per heavy atom. The average molecular weight is 236 g/mol. The zero-order valence-corrected chi connectivity index (χ0v) is 10.3. The zero-order chi connectivity index (χ0) is 12.1. The molecule has 1 fully saturated rings. The summed E-state index contributed by atoms with van der Waals surface area (Å²) in [6, 6.07) is 0. The number of rotatable bonds is 4. The van der Waals surface area contributed by atoms with E-state index in [-0.39, 0.29) is 5.91 Å². The molecule has 1 aliphatic heterocycles. The molecule has 2 rings (SSSR count). The monoisotopic (exact) mass is 236 g/mol. The van der Waals surface area contributed by atoms with Crippen molar-refractivity contribution in [3.63, 3.8) is 0 Å². The van der Waals surface area contributed by atoms with E-state index in [0.717, 1.165) is 37.3 Å². The third-order valence-corrected chi connectivity index (χ3v) is 3.24. The van der Waals surface area contributed by atoms with E-state index in [1.165, 1.54) is 6.42 Å². The number of aromatic amines is 1. The topological polar surface area (TPSA) is 69.8 Å². The van der Waals surface area contributed by atoms with Gasteiger partial charge >= 0.3 is 0 Å². The van der Waals surface area contributed by atoms with Gasteiger partial charge in [-0.2, -0.15) is 5.10 Å². The van der Waals surface area contributed by atoms with Gasteiger partial charge in [-0.1, -0.05) is 6.92 Å². The maximum Gasteiger partial charge on any atom is 0.225 e. The molecule has 1 aromatic rings. The molecule has 0 bridgehead atoms. The summed E-state index contributed by atoms with van der Waals surface area (Å²) < 4.78 is 0. The third-order valence-electron chi connectivity index (χ3n) is 3.24. The van der Waals surface area contributed by atoms with E-state index >= 15 is 0 Å². The van der Waals surface area contributed by atoms with Crippen LogP contribution in [0.3, 0.4) is 0 Å². The predicted octanol–water partition coefficient (Wildman–Crippen LogP) is 1.30. The Hall–Kier alpha value is -1.36. The molecule has 0 saturated carbocycles. The summed E-state index contributed by atoms with van der Waals surface area (Å²) in [7, 11) is 0. The molecule has 5 heteroatoms. The van der Waals surface area contributed by atoms with Crippen LogP contribution in [0.1, 0.15) is 31.7 Å². The van der Waals surface area contributed by atoms with Crippen molar-refractivity contribution in [2.45, 2.75) is 32.6 Å². The molecule has 1 atom stereocenters. The van der Waals surface area contributed by atoms with Gasteiger partial charge in [0.25, 0.3) is 0 Å². The number of carbonyl (C=O) groups excluding carboxylic acids is 1. The first kappa shape index (κ1) is 12.1. The molecule has 1 saturated heterocycles. The van der Waals surface area contributed by atoms with Gasteiger partial charge in [0.15, 0.2) is 0 Å². The van der Waals surface area contributed by atoms with Gasteiger partial charge in [-0.3, -0.25) is 9.89 Å². The predicted molar refractivity (Wildman–Crippen MR) is 66.8 cm³/mol. The zero-order valence-electron chi connectivity index (χ0n) is 10.3. The summed E-state index contributed by atoms with van der Waals surface area (Å²) in [5.41, 5.74) is 1.06. The summed E-state index contributed by atoms with van der Waals surface area (Å²) in [6.45, 7) is 4.08. The SMILES string of the molecule is CCc1cn[nH]c1NC(=O)CC1CCCNC1.